The van der Waals surface area contributed by atoms with E-state index in [4.69, 9.17) is 18.9 Å². The van der Waals surface area contributed by atoms with Crippen LogP contribution < -0.4 is 0 Å². The van der Waals surface area contributed by atoms with Crippen LogP contribution in [0.2, 0.25) is 0 Å². The van der Waals surface area contributed by atoms with Crippen molar-refractivity contribution in [2.45, 2.75) is 50.8 Å². The highest BCUT2D eigenvalue weighted by Gasteiger charge is 2.45. The molecule has 26 heavy (non-hydrogen) atoms. The fraction of sp³-hybridized carbons (Fsp3) is 0.429. The van der Waals surface area contributed by atoms with Crippen molar-refractivity contribution in [3.05, 3.63) is 71.8 Å². The Labute approximate surface area is 154 Å². The average molecular weight is 358 g/mol. The predicted molar refractivity (Wildman–Crippen MR) is 97.4 cm³/mol. The van der Waals surface area contributed by atoms with Gasteiger partial charge >= 0.3 is 0 Å². The number of rotatable bonds is 7. The fourth-order valence-corrected chi connectivity index (χ4v) is 3.13. The Morgan fingerprint density at radius 2 is 1.35 bits per heavy atom. The van der Waals surface area contributed by atoms with Gasteiger partial charge in [-0.15, -0.1) is 0 Å². The topological polar surface area (TPSA) is 57.2 Å². The average Bonchev–Trinajstić information content (AvgIpc) is 2.68. The third-order valence-electron chi connectivity index (χ3n) is 4.56. The first-order valence-electron chi connectivity index (χ1n) is 8.86. The van der Waals surface area contributed by atoms with Crippen LogP contribution in [-0.4, -0.2) is 42.9 Å². The lowest BCUT2D eigenvalue weighted by molar-refractivity contribution is -0.305. The van der Waals surface area contributed by atoms with E-state index < -0.39 is 24.6 Å². The maximum atomic E-state index is 10.8. The SMILES string of the molecule is CO[C@@H]1O[C@@H](C)[C@H](OCc2ccccc2)[C@@H](O)[C@H]1OCc1ccccc1. The molecule has 0 spiro atoms. The predicted octanol–water partition coefficient (Wildman–Crippen LogP) is 2.91. The molecule has 1 N–H and O–H groups in total. The van der Waals surface area contributed by atoms with Gasteiger partial charge in [-0.2, -0.15) is 0 Å². The standard InChI is InChI=1S/C21H26O5/c1-15-19(24-13-16-9-5-3-6-10-16)18(22)20(21(23-2)26-15)25-14-17-11-7-4-8-12-17/h3-12,15,18-22H,13-14H2,1-2H3/t15-,18+,19-,20+,21+/m0/s1. The second-order valence-corrected chi connectivity index (χ2v) is 6.46. The summed E-state index contributed by atoms with van der Waals surface area (Å²) in [5, 5.41) is 10.8. The van der Waals surface area contributed by atoms with Crippen LogP contribution >= 0.6 is 0 Å². The van der Waals surface area contributed by atoms with Crippen LogP contribution in [0, 0.1) is 0 Å². The molecule has 1 aliphatic rings. The van der Waals surface area contributed by atoms with E-state index in [1.54, 1.807) is 7.11 Å². The van der Waals surface area contributed by atoms with Gasteiger partial charge in [0, 0.05) is 7.11 Å². The van der Waals surface area contributed by atoms with E-state index in [1.807, 2.05) is 67.6 Å². The third-order valence-corrected chi connectivity index (χ3v) is 4.56. The summed E-state index contributed by atoms with van der Waals surface area (Å²) in [4.78, 5) is 0. The Morgan fingerprint density at radius 3 is 1.85 bits per heavy atom. The first-order valence-corrected chi connectivity index (χ1v) is 8.86. The Hall–Kier alpha value is -1.76. The zero-order valence-electron chi connectivity index (χ0n) is 15.2. The summed E-state index contributed by atoms with van der Waals surface area (Å²) in [5.74, 6) is 0. The van der Waals surface area contributed by atoms with E-state index >= 15 is 0 Å². The molecule has 5 atom stereocenters. The van der Waals surface area contributed by atoms with Crippen LogP contribution in [0.15, 0.2) is 60.7 Å². The summed E-state index contributed by atoms with van der Waals surface area (Å²) in [7, 11) is 1.55. The number of aliphatic hydroxyl groups is 1. The third kappa shape index (κ3) is 4.69. The Bertz CT molecular complexity index is 648. The zero-order valence-corrected chi connectivity index (χ0v) is 15.2. The van der Waals surface area contributed by atoms with Crippen LogP contribution in [0.3, 0.4) is 0 Å². The zero-order chi connectivity index (χ0) is 18.4. The molecule has 140 valence electrons. The van der Waals surface area contributed by atoms with Gasteiger partial charge in [-0.3, -0.25) is 0 Å². The van der Waals surface area contributed by atoms with Crippen molar-refractivity contribution in [1.82, 2.24) is 0 Å². The van der Waals surface area contributed by atoms with Crippen LogP contribution in [-0.2, 0) is 32.2 Å². The van der Waals surface area contributed by atoms with Crippen LogP contribution in [0.4, 0.5) is 0 Å². The highest BCUT2D eigenvalue weighted by molar-refractivity contribution is 5.14. The molecule has 1 saturated heterocycles. The van der Waals surface area contributed by atoms with E-state index in [-0.39, 0.29) is 6.10 Å². The summed E-state index contributed by atoms with van der Waals surface area (Å²) in [6.07, 6.45) is -2.92. The highest BCUT2D eigenvalue weighted by atomic mass is 16.7. The van der Waals surface area contributed by atoms with Gasteiger partial charge in [0.1, 0.15) is 18.3 Å². The first-order chi connectivity index (χ1) is 12.7. The summed E-state index contributed by atoms with van der Waals surface area (Å²) in [6.45, 7) is 2.64. The molecule has 5 heteroatoms. The normalized spacial score (nSPS) is 28.8. The van der Waals surface area contributed by atoms with Crippen molar-refractivity contribution in [1.29, 1.82) is 0 Å². The Morgan fingerprint density at radius 1 is 0.846 bits per heavy atom. The minimum atomic E-state index is -0.851. The van der Waals surface area contributed by atoms with Crippen molar-refractivity contribution < 1.29 is 24.1 Å². The minimum Gasteiger partial charge on any atom is -0.387 e. The van der Waals surface area contributed by atoms with Gasteiger partial charge in [-0.25, -0.2) is 0 Å². The van der Waals surface area contributed by atoms with E-state index in [1.165, 1.54) is 0 Å². The van der Waals surface area contributed by atoms with Crippen molar-refractivity contribution in [2.75, 3.05) is 7.11 Å². The smallest absolute Gasteiger partial charge is 0.186 e. The van der Waals surface area contributed by atoms with E-state index in [2.05, 4.69) is 0 Å². The molecule has 1 heterocycles. The van der Waals surface area contributed by atoms with Gasteiger partial charge in [0.2, 0.25) is 0 Å². The molecular weight excluding hydrogens is 332 g/mol. The molecule has 0 unspecified atom stereocenters. The number of hydrogen-bond donors (Lipinski definition) is 1. The molecule has 0 amide bonds. The second kappa shape index (κ2) is 9.26. The van der Waals surface area contributed by atoms with Gasteiger partial charge in [-0.05, 0) is 18.1 Å². The molecule has 0 saturated carbocycles. The number of methoxy groups -OCH3 is 1. The number of ether oxygens (including phenoxy) is 4. The van der Waals surface area contributed by atoms with Gasteiger partial charge in [0.25, 0.3) is 0 Å². The van der Waals surface area contributed by atoms with Gasteiger partial charge in [0.05, 0.1) is 19.3 Å². The van der Waals surface area contributed by atoms with E-state index in [0.717, 1.165) is 11.1 Å². The molecule has 2 aromatic rings. The summed E-state index contributed by atoms with van der Waals surface area (Å²) in [5.41, 5.74) is 2.07. The maximum Gasteiger partial charge on any atom is 0.186 e. The summed E-state index contributed by atoms with van der Waals surface area (Å²) in [6, 6.07) is 19.7. The van der Waals surface area contributed by atoms with Crippen molar-refractivity contribution in [3.63, 3.8) is 0 Å². The van der Waals surface area contributed by atoms with Crippen LogP contribution in [0.25, 0.3) is 0 Å². The molecule has 2 aromatic carbocycles. The lowest BCUT2D eigenvalue weighted by Gasteiger charge is -2.42. The van der Waals surface area contributed by atoms with Crippen molar-refractivity contribution in [3.8, 4) is 0 Å². The number of hydrogen-bond acceptors (Lipinski definition) is 5. The quantitative estimate of drug-likeness (QED) is 0.825. The monoisotopic (exact) mass is 358 g/mol. The highest BCUT2D eigenvalue weighted by Crippen LogP contribution is 2.27. The van der Waals surface area contributed by atoms with Crippen LogP contribution in [0.1, 0.15) is 18.1 Å². The summed E-state index contributed by atoms with van der Waals surface area (Å²) >= 11 is 0. The van der Waals surface area contributed by atoms with E-state index in [0.29, 0.717) is 13.2 Å². The second-order valence-electron chi connectivity index (χ2n) is 6.46. The molecule has 1 fully saturated rings. The van der Waals surface area contributed by atoms with E-state index in [9.17, 15) is 5.11 Å². The fourth-order valence-electron chi connectivity index (χ4n) is 3.13. The van der Waals surface area contributed by atoms with Crippen molar-refractivity contribution >= 4 is 0 Å². The molecule has 0 radical (unpaired) electrons. The minimum absolute atomic E-state index is 0.310. The molecule has 1 aliphatic heterocycles. The lowest BCUT2D eigenvalue weighted by atomic mass is 9.99. The first kappa shape index (κ1) is 19.0. The molecule has 0 aromatic heterocycles. The molecule has 3 rings (SSSR count). The molecule has 0 aliphatic carbocycles. The Kier molecular flexibility index (Phi) is 6.77. The number of aliphatic hydroxyl groups excluding tert-OH is 1. The number of benzene rings is 2. The van der Waals surface area contributed by atoms with Gasteiger partial charge in [-0.1, -0.05) is 60.7 Å². The molecular formula is C21H26O5. The van der Waals surface area contributed by atoms with Gasteiger partial charge < -0.3 is 24.1 Å². The Balaban J connectivity index is 1.64. The van der Waals surface area contributed by atoms with Gasteiger partial charge in [0.15, 0.2) is 6.29 Å². The van der Waals surface area contributed by atoms with Crippen molar-refractivity contribution in [2.24, 2.45) is 0 Å². The molecule has 5 nitrogen and oxygen atoms in total. The molecule has 0 bridgehead atoms. The maximum absolute atomic E-state index is 10.8. The van der Waals surface area contributed by atoms with Crippen LogP contribution in [0.5, 0.6) is 0 Å². The lowest BCUT2D eigenvalue weighted by Crippen LogP contribution is -2.58. The summed E-state index contributed by atoms with van der Waals surface area (Å²) < 4.78 is 23.2. The largest absolute Gasteiger partial charge is 0.387 e.